The molecule has 0 aromatic heterocycles. The number of benzene rings is 4. The quantitative estimate of drug-likeness (QED) is 0.0864. The lowest BCUT2D eigenvalue weighted by Crippen LogP contribution is -2.08. The van der Waals surface area contributed by atoms with E-state index in [1.165, 1.54) is 6.07 Å². The van der Waals surface area contributed by atoms with Gasteiger partial charge >= 0.3 is 5.97 Å². The predicted octanol–water partition coefficient (Wildman–Crippen LogP) is 7.17. The van der Waals surface area contributed by atoms with E-state index in [-0.39, 0.29) is 17.1 Å². The second kappa shape index (κ2) is 13.8. The summed E-state index contributed by atoms with van der Waals surface area (Å²) in [6.45, 7) is 3.05. The highest BCUT2D eigenvalue weighted by molar-refractivity contribution is 6.10. The SMILES string of the molecule is Cc1cccc(OC(=O)c2ccc(OCCCCCCOc3ccc(C(=O)c4ccccc4)c(O)c3)cc2)c1. The number of hydrogen-bond acceptors (Lipinski definition) is 6. The maximum atomic E-state index is 12.5. The molecule has 0 unspecified atom stereocenters. The maximum absolute atomic E-state index is 12.5. The average molecular weight is 525 g/mol. The lowest BCUT2D eigenvalue weighted by Gasteiger charge is -2.10. The zero-order chi connectivity index (χ0) is 27.5. The van der Waals surface area contributed by atoms with Crippen molar-refractivity contribution in [1.29, 1.82) is 0 Å². The van der Waals surface area contributed by atoms with E-state index in [0.717, 1.165) is 31.2 Å². The van der Waals surface area contributed by atoms with Gasteiger partial charge in [0.2, 0.25) is 0 Å². The molecule has 0 bridgehead atoms. The Morgan fingerprint density at radius 3 is 1.97 bits per heavy atom. The first-order chi connectivity index (χ1) is 19.0. The van der Waals surface area contributed by atoms with E-state index in [0.29, 0.717) is 41.6 Å². The Labute approximate surface area is 228 Å². The molecule has 0 radical (unpaired) electrons. The second-order valence-corrected chi connectivity index (χ2v) is 9.22. The summed E-state index contributed by atoms with van der Waals surface area (Å²) in [6, 6.07) is 28.0. The fourth-order valence-electron chi connectivity index (χ4n) is 4.01. The third-order valence-corrected chi connectivity index (χ3v) is 6.12. The smallest absolute Gasteiger partial charge is 0.343 e. The van der Waals surface area contributed by atoms with Crippen LogP contribution < -0.4 is 14.2 Å². The monoisotopic (exact) mass is 524 g/mol. The van der Waals surface area contributed by atoms with Crippen molar-refractivity contribution in [3.63, 3.8) is 0 Å². The number of carbonyl (C=O) groups excluding carboxylic acids is 2. The molecule has 4 aromatic carbocycles. The number of rotatable bonds is 13. The van der Waals surface area contributed by atoms with E-state index in [9.17, 15) is 14.7 Å². The lowest BCUT2D eigenvalue weighted by atomic mass is 10.0. The minimum Gasteiger partial charge on any atom is -0.507 e. The molecule has 0 aliphatic heterocycles. The summed E-state index contributed by atoms with van der Waals surface area (Å²) in [5.74, 6) is 1.05. The van der Waals surface area contributed by atoms with Gasteiger partial charge in [-0.2, -0.15) is 0 Å². The highest BCUT2D eigenvalue weighted by Gasteiger charge is 2.14. The van der Waals surface area contributed by atoms with E-state index < -0.39 is 5.97 Å². The van der Waals surface area contributed by atoms with Crippen molar-refractivity contribution in [2.75, 3.05) is 13.2 Å². The van der Waals surface area contributed by atoms with Crippen molar-refractivity contribution in [3.8, 4) is 23.0 Å². The fraction of sp³-hybridized carbons (Fsp3) is 0.212. The lowest BCUT2D eigenvalue weighted by molar-refractivity contribution is 0.0734. The zero-order valence-electron chi connectivity index (χ0n) is 22.0. The minimum absolute atomic E-state index is 0.0882. The van der Waals surface area contributed by atoms with Crippen molar-refractivity contribution in [2.24, 2.45) is 0 Å². The molecule has 4 aromatic rings. The van der Waals surface area contributed by atoms with Crippen LogP contribution in [0.25, 0.3) is 0 Å². The van der Waals surface area contributed by atoms with E-state index in [1.807, 2.05) is 31.2 Å². The van der Waals surface area contributed by atoms with Gasteiger partial charge in [-0.3, -0.25) is 4.79 Å². The van der Waals surface area contributed by atoms with Gasteiger partial charge in [-0.25, -0.2) is 4.79 Å². The van der Waals surface area contributed by atoms with E-state index in [1.54, 1.807) is 66.7 Å². The highest BCUT2D eigenvalue weighted by atomic mass is 16.5. The van der Waals surface area contributed by atoms with Crippen LogP contribution in [0.4, 0.5) is 0 Å². The number of esters is 1. The molecule has 0 aliphatic rings. The number of phenols is 1. The van der Waals surface area contributed by atoms with E-state index in [4.69, 9.17) is 14.2 Å². The van der Waals surface area contributed by atoms with E-state index in [2.05, 4.69) is 0 Å². The van der Waals surface area contributed by atoms with Crippen molar-refractivity contribution in [2.45, 2.75) is 32.6 Å². The highest BCUT2D eigenvalue weighted by Crippen LogP contribution is 2.26. The van der Waals surface area contributed by atoms with Crippen molar-refractivity contribution in [1.82, 2.24) is 0 Å². The molecule has 200 valence electrons. The number of aromatic hydroxyl groups is 1. The number of ether oxygens (including phenoxy) is 3. The maximum Gasteiger partial charge on any atom is 0.343 e. The first-order valence-corrected chi connectivity index (χ1v) is 13.1. The molecule has 39 heavy (non-hydrogen) atoms. The molecule has 0 heterocycles. The van der Waals surface area contributed by atoms with E-state index >= 15 is 0 Å². The summed E-state index contributed by atoms with van der Waals surface area (Å²) >= 11 is 0. The molecule has 4 rings (SSSR count). The number of ketones is 1. The predicted molar refractivity (Wildman–Crippen MR) is 150 cm³/mol. The number of aryl methyl sites for hydroxylation is 1. The molecule has 0 spiro atoms. The fourth-order valence-corrected chi connectivity index (χ4v) is 4.01. The van der Waals surface area contributed by atoms with Crippen LogP contribution in [0.1, 0.15) is 57.5 Å². The number of hydrogen-bond donors (Lipinski definition) is 1. The Hall–Kier alpha value is -4.58. The van der Waals surface area contributed by atoms with Crippen LogP contribution in [-0.2, 0) is 0 Å². The van der Waals surface area contributed by atoms with Gasteiger partial charge < -0.3 is 19.3 Å². The number of phenolic OH excluding ortho intramolecular Hbond substituents is 1. The van der Waals surface area contributed by atoms with Crippen LogP contribution in [0, 0.1) is 6.92 Å². The molecule has 6 heteroatoms. The molecular weight excluding hydrogens is 492 g/mol. The van der Waals surface area contributed by atoms with Gasteiger partial charge in [0.15, 0.2) is 5.78 Å². The standard InChI is InChI=1S/C33H32O6/c1-24-10-9-13-29(22-24)39-33(36)26-14-16-27(17-15-26)37-20-7-2-3-8-21-38-28-18-19-30(31(34)23-28)32(35)25-11-5-4-6-12-25/h4-6,9-19,22-23,34H,2-3,7-8,20-21H2,1H3. The average Bonchev–Trinajstić information content (AvgIpc) is 2.95. The van der Waals surface area contributed by atoms with Crippen LogP contribution in [0.5, 0.6) is 23.0 Å². The van der Waals surface area contributed by atoms with Crippen LogP contribution in [0.3, 0.4) is 0 Å². The molecule has 0 saturated carbocycles. The molecule has 6 nitrogen and oxygen atoms in total. The summed E-state index contributed by atoms with van der Waals surface area (Å²) in [5.41, 5.74) is 2.28. The zero-order valence-corrected chi connectivity index (χ0v) is 22.0. The summed E-state index contributed by atoms with van der Waals surface area (Å²) in [7, 11) is 0. The first kappa shape index (κ1) is 27.5. The summed E-state index contributed by atoms with van der Waals surface area (Å²) in [4.78, 5) is 24.9. The normalized spacial score (nSPS) is 10.6. The molecule has 0 amide bonds. The third-order valence-electron chi connectivity index (χ3n) is 6.12. The van der Waals surface area contributed by atoms with Gasteiger partial charge in [0.1, 0.15) is 23.0 Å². The summed E-state index contributed by atoms with van der Waals surface area (Å²) in [6.07, 6.45) is 3.72. The van der Waals surface area contributed by atoms with Crippen LogP contribution in [-0.4, -0.2) is 30.1 Å². The molecule has 1 N–H and O–H groups in total. The Kier molecular flexibility index (Phi) is 9.73. The van der Waals surface area contributed by atoms with Gasteiger partial charge in [-0.15, -0.1) is 0 Å². The second-order valence-electron chi connectivity index (χ2n) is 9.22. The molecule has 0 fully saturated rings. The van der Waals surface area contributed by atoms with Gasteiger partial charge in [0.25, 0.3) is 0 Å². The van der Waals surface area contributed by atoms with Gasteiger partial charge in [0.05, 0.1) is 24.3 Å². The van der Waals surface area contributed by atoms with Crippen LogP contribution >= 0.6 is 0 Å². The van der Waals surface area contributed by atoms with Crippen molar-refractivity contribution in [3.05, 3.63) is 119 Å². The minimum atomic E-state index is -0.402. The van der Waals surface area contributed by atoms with Crippen molar-refractivity contribution < 1.29 is 28.9 Å². The van der Waals surface area contributed by atoms with Gasteiger partial charge in [-0.05, 0) is 86.7 Å². The molecule has 0 atom stereocenters. The van der Waals surface area contributed by atoms with Crippen molar-refractivity contribution >= 4 is 11.8 Å². The van der Waals surface area contributed by atoms with Gasteiger partial charge in [0, 0.05) is 11.6 Å². The topological polar surface area (TPSA) is 82.1 Å². The molecule has 0 saturated heterocycles. The summed E-state index contributed by atoms with van der Waals surface area (Å²) < 4.78 is 16.9. The Bertz CT molecular complexity index is 1380. The number of unbranched alkanes of at least 4 members (excludes halogenated alkanes) is 3. The Balaban J connectivity index is 1.10. The largest absolute Gasteiger partial charge is 0.507 e. The first-order valence-electron chi connectivity index (χ1n) is 13.1. The Morgan fingerprint density at radius 1 is 0.641 bits per heavy atom. The molecule has 0 aliphatic carbocycles. The molecular formula is C33H32O6. The van der Waals surface area contributed by atoms with Crippen LogP contribution in [0.15, 0.2) is 97.1 Å². The third kappa shape index (κ3) is 8.20. The Morgan fingerprint density at radius 2 is 1.31 bits per heavy atom. The van der Waals surface area contributed by atoms with Crippen LogP contribution in [0.2, 0.25) is 0 Å². The summed E-state index contributed by atoms with van der Waals surface area (Å²) in [5, 5.41) is 10.3. The number of carbonyl (C=O) groups is 2. The van der Waals surface area contributed by atoms with Gasteiger partial charge in [-0.1, -0.05) is 42.5 Å².